The van der Waals surface area contributed by atoms with Crippen molar-refractivity contribution in [2.75, 3.05) is 75.7 Å². The molecule has 6 rings (SSSR count). The van der Waals surface area contributed by atoms with E-state index in [0.29, 0.717) is 62.7 Å². The standard InChI is InChI=1S/C33H41BrN9O3P/c1-6-21-17-26(28(46-3)19-27(21)43-12-9-22(18-29(43)44)42-15-13-41(2)14-16-42)39-33-37-20-23(34)32(40-33)38-25-8-7-24-30(36-11-10-35-24)31(25)47(4,5)45/h7-8,10-11,17,19-20,22H,6,9,12-16,18H2,1-5H3,(H2,37,38,39,40). The fourth-order valence-corrected chi connectivity index (χ4v) is 8.10. The van der Waals surface area contributed by atoms with E-state index >= 15 is 0 Å². The van der Waals surface area contributed by atoms with Gasteiger partial charge in [0.1, 0.15) is 24.2 Å². The number of ether oxygens (including phenoxy) is 1. The summed E-state index contributed by atoms with van der Waals surface area (Å²) in [5, 5.41) is 7.27. The van der Waals surface area contributed by atoms with Crippen molar-refractivity contribution in [1.82, 2.24) is 29.7 Å². The van der Waals surface area contributed by atoms with Gasteiger partial charge < -0.3 is 29.7 Å². The number of halogens is 1. The molecule has 1 unspecified atom stereocenters. The first-order valence-corrected chi connectivity index (χ1v) is 19.2. The largest absolute Gasteiger partial charge is 0.494 e. The fourth-order valence-electron chi connectivity index (χ4n) is 6.42. The monoisotopic (exact) mass is 721 g/mol. The molecule has 0 bridgehead atoms. The van der Waals surface area contributed by atoms with Crippen molar-refractivity contribution in [3.8, 4) is 5.75 Å². The van der Waals surface area contributed by atoms with E-state index in [2.05, 4.69) is 65.3 Å². The molecule has 248 valence electrons. The maximum atomic E-state index is 13.5. The van der Waals surface area contributed by atoms with Crippen LogP contribution in [0.5, 0.6) is 5.75 Å². The Balaban J connectivity index is 1.25. The minimum absolute atomic E-state index is 0.146. The number of methoxy groups -OCH3 is 1. The molecule has 14 heteroatoms. The first-order valence-electron chi connectivity index (χ1n) is 15.9. The van der Waals surface area contributed by atoms with Crippen molar-refractivity contribution >= 4 is 74.1 Å². The highest BCUT2D eigenvalue weighted by Gasteiger charge is 2.33. The van der Waals surface area contributed by atoms with E-state index in [0.717, 1.165) is 50.3 Å². The van der Waals surface area contributed by atoms with Crippen molar-refractivity contribution in [3.63, 3.8) is 0 Å². The van der Waals surface area contributed by atoms with Gasteiger partial charge in [-0.15, -0.1) is 0 Å². The quantitative estimate of drug-likeness (QED) is 0.221. The molecule has 2 saturated heterocycles. The number of likely N-dealkylation sites (N-methyl/N-ethyl adjacent to an activating group) is 1. The van der Waals surface area contributed by atoms with Gasteiger partial charge in [0.05, 0.1) is 39.5 Å². The Morgan fingerprint density at radius 1 is 1.02 bits per heavy atom. The molecule has 0 saturated carbocycles. The number of piperazine rings is 1. The number of hydrogen-bond acceptors (Lipinski definition) is 11. The van der Waals surface area contributed by atoms with Gasteiger partial charge >= 0.3 is 0 Å². The molecule has 47 heavy (non-hydrogen) atoms. The number of carbonyl (C=O) groups is 1. The number of nitrogens with one attached hydrogen (secondary N) is 2. The molecule has 0 spiro atoms. The molecule has 2 aromatic carbocycles. The number of rotatable bonds is 9. The molecule has 0 radical (unpaired) electrons. The van der Waals surface area contributed by atoms with Crippen LogP contribution in [0.1, 0.15) is 25.3 Å². The second-order valence-corrected chi connectivity index (χ2v) is 16.4. The lowest BCUT2D eigenvalue weighted by molar-refractivity contribution is -0.121. The van der Waals surface area contributed by atoms with Crippen LogP contribution in [0, 0.1) is 0 Å². The van der Waals surface area contributed by atoms with E-state index in [1.54, 1.807) is 39.0 Å². The molecule has 4 aromatic rings. The van der Waals surface area contributed by atoms with Crippen molar-refractivity contribution in [2.45, 2.75) is 32.2 Å². The van der Waals surface area contributed by atoms with Crippen molar-refractivity contribution < 1.29 is 14.1 Å². The Kier molecular flexibility index (Phi) is 9.80. The fraction of sp³-hybridized carbons (Fsp3) is 0.424. The van der Waals surface area contributed by atoms with Gasteiger partial charge in [0, 0.05) is 69.8 Å². The van der Waals surface area contributed by atoms with Crippen LogP contribution < -0.4 is 25.6 Å². The van der Waals surface area contributed by atoms with Crippen molar-refractivity contribution in [3.05, 3.63) is 52.9 Å². The first kappa shape index (κ1) is 33.3. The van der Waals surface area contributed by atoms with Crippen LogP contribution in [0.25, 0.3) is 11.0 Å². The minimum Gasteiger partial charge on any atom is -0.494 e. The number of carbonyl (C=O) groups excluding carboxylic acids is 1. The predicted octanol–water partition coefficient (Wildman–Crippen LogP) is 5.23. The van der Waals surface area contributed by atoms with Crippen LogP contribution in [-0.4, -0.2) is 102 Å². The van der Waals surface area contributed by atoms with Gasteiger partial charge in [-0.1, -0.05) is 6.92 Å². The molecule has 4 heterocycles. The highest BCUT2D eigenvalue weighted by Crippen LogP contribution is 2.42. The lowest BCUT2D eigenvalue weighted by Gasteiger charge is -2.42. The van der Waals surface area contributed by atoms with E-state index in [1.165, 1.54) is 0 Å². The molecular formula is C33H41BrN9O3P. The smallest absolute Gasteiger partial charge is 0.229 e. The molecule has 2 aliphatic rings. The van der Waals surface area contributed by atoms with E-state index in [-0.39, 0.29) is 11.9 Å². The summed E-state index contributed by atoms with van der Waals surface area (Å²) in [7, 11) is 1.00. The summed E-state index contributed by atoms with van der Waals surface area (Å²) in [6.45, 7) is 10.3. The van der Waals surface area contributed by atoms with Crippen LogP contribution in [0.3, 0.4) is 0 Å². The van der Waals surface area contributed by atoms with Crippen LogP contribution >= 0.6 is 23.1 Å². The molecule has 2 fully saturated rings. The molecule has 2 N–H and O–H groups in total. The van der Waals surface area contributed by atoms with Crippen LogP contribution in [0.4, 0.5) is 28.8 Å². The zero-order chi connectivity index (χ0) is 33.3. The lowest BCUT2D eigenvalue weighted by atomic mass is 9.99. The van der Waals surface area contributed by atoms with Crippen LogP contribution in [0.2, 0.25) is 0 Å². The zero-order valence-electron chi connectivity index (χ0n) is 27.5. The van der Waals surface area contributed by atoms with E-state index in [4.69, 9.17) is 9.72 Å². The third-order valence-electron chi connectivity index (χ3n) is 8.92. The maximum Gasteiger partial charge on any atom is 0.229 e. The molecule has 1 amide bonds. The number of piperidine rings is 1. The Hall–Kier alpha value is -3.64. The highest BCUT2D eigenvalue weighted by molar-refractivity contribution is 9.10. The number of hydrogen-bond donors (Lipinski definition) is 2. The third-order valence-corrected chi connectivity index (χ3v) is 11.0. The summed E-state index contributed by atoms with van der Waals surface area (Å²) in [5.74, 6) is 1.56. The summed E-state index contributed by atoms with van der Waals surface area (Å²) >= 11 is 3.56. The topological polar surface area (TPSA) is 129 Å². The number of benzene rings is 2. The molecular weight excluding hydrogens is 681 g/mol. The zero-order valence-corrected chi connectivity index (χ0v) is 29.9. The van der Waals surface area contributed by atoms with Gasteiger partial charge in [-0.05, 0) is 72.9 Å². The second-order valence-electron chi connectivity index (χ2n) is 12.4. The average Bonchev–Trinajstić information content (AvgIpc) is 3.05. The summed E-state index contributed by atoms with van der Waals surface area (Å²) in [4.78, 5) is 38.3. The average molecular weight is 723 g/mol. The first-order chi connectivity index (χ1) is 22.5. The van der Waals surface area contributed by atoms with E-state index in [1.807, 2.05) is 29.2 Å². The van der Waals surface area contributed by atoms with E-state index in [9.17, 15) is 9.36 Å². The summed E-state index contributed by atoms with van der Waals surface area (Å²) < 4.78 is 19.9. The number of aryl methyl sites for hydroxylation is 1. The normalized spacial score (nSPS) is 18.0. The molecule has 2 aromatic heterocycles. The Morgan fingerprint density at radius 2 is 1.79 bits per heavy atom. The summed E-state index contributed by atoms with van der Waals surface area (Å²) in [6, 6.07) is 7.93. The number of aromatic nitrogens is 4. The Morgan fingerprint density at radius 3 is 2.49 bits per heavy atom. The van der Waals surface area contributed by atoms with Crippen molar-refractivity contribution in [1.29, 1.82) is 0 Å². The Labute approximate surface area is 283 Å². The highest BCUT2D eigenvalue weighted by atomic mass is 79.9. The molecule has 0 aliphatic carbocycles. The van der Waals surface area contributed by atoms with Gasteiger partial charge in [0.2, 0.25) is 11.9 Å². The molecule has 1 atom stereocenters. The van der Waals surface area contributed by atoms with Crippen LogP contribution in [-0.2, 0) is 15.8 Å². The SMILES string of the molecule is CCc1cc(Nc2ncc(Br)c(Nc3ccc4nccnc4c3P(C)(C)=O)n2)c(OC)cc1N1CCC(N2CCN(C)CC2)CC1=O. The number of anilines is 5. The third kappa shape index (κ3) is 7.13. The van der Waals surface area contributed by atoms with Crippen molar-refractivity contribution in [2.24, 2.45) is 0 Å². The van der Waals surface area contributed by atoms with E-state index < -0.39 is 7.14 Å². The molecule has 12 nitrogen and oxygen atoms in total. The Bertz CT molecular complexity index is 1840. The molecule has 2 aliphatic heterocycles. The number of fused-ring (bicyclic) bond motifs is 1. The predicted molar refractivity (Wildman–Crippen MR) is 192 cm³/mol. The van der Waals surface area contributed by atoms with Crippen LogP contribution in [0.15, 0.2) is 47.3 Å². The van der Waals surface area contributed by atoms with Gasteiger partial charge in [-0.2, -0.15) is 4.98 Å². The second kappa shape index (κ2) is 13.8. The number of amides is 1. The summed E-state index contributed by atoms with van der Waals surface area (Å²) in [5.41, 5.74) is 4.49. The summed E-state index contributed by atoms with van der Waals surface area (Å²) in [6.07, 6.45) is 7.07. The van der Waals surface area contributed by atoms with Gasteiger partial charge in [-0.25, -0.2) is 4.98 Å². The minimum atomic E-state index is -2.76. The van der Waals surface area contributed by atoms with Gasteiger partial charge in [0.15, 0.2) is 0 Å². The van der Waals surface area contributed by atoms with Gasteiger partial charge in [-0.3, -0.25) is 19.7 Å². The van der Waals surface area contributed by atoms with Gasteiger partial charge in [0.25, 0.3) is 0 Å². The lowest BCUT2D eigenvalue weighted by Crippen LogP contribution is -2.53. The number of nitrogens with zero attached hydrogens (tertiary/aromatic N) is 7. The maximum absolute atomic E-state index is 13.5.